The molecule has 1 saturated carbocycles. The first-order valence-corrected chi connectivity index (χ1v) is 15.8. The zero-order valence-corrected chi connectivity index (χ0v) is 24.6. The van der Waals surface area contributed by atoms with Gasteiger partial charge < -0.3 is 19.8 Å². The Morgan fingerprint density at radius 1 is 1.07 bits per heavy atom. The highest BCUT2D eigenvalue weighted by Crippen LogP contribution is 2.35. The number of nitrogen functional groups attached to an aromatic ring is 1. The van der Waals surface area contributed by atoms with E-state index >= 15 is 0 Å². The number of halogens is 2. The van der Waals surface area contributed by atoms with Crippen LogP contribution in [0.15, 0.2) is 53.6 Å². The number of aromatic nitrogens is 3. The van der Waals surface area contributed by atoms with Gasteiger partial charge in [-0.25, -0.2) is 27.2 Å². The molecule has 0 radical (unpaired) electrons. The van der Waals surface area contributed by atoms with Crippen LogP contribution in [0.4, 0.5) is 20.4 Å². The topological polar surface area (TPSA) is 125 Å². The number of hydrogen-bond acceptors (Lipinski definition) is 8. The van der Waals surface area contributed by atoms with E-state index in [1.807, 2.05) is 18.2 Å². The number of benzene rings is 2. The number of imidazole rings is 1. The quantitative estimate of drug-likeness (QED) is 0.295. The summed E-state index contributed by atoms with van der Waals surface area (Å²) in [7, 11) is -3.07. The Balaban J connectivity index is 1.32. The van der Waals surface area contributed by atoms with Crippen molar-refractivity contribution in [2.24, 2.45) is 5.92 Å². The number of nitrogens with zero attached hydrogens (tertiary/aromatic N) is 4. The Labute approximate surface area is 248 Å². The average Bonchev–Trinajstić information content (AvgIpc) is 3.31. The van der Waals surface area contributed by atoms with Gasteiger partial charge in [-0.1, -0.05) is 18.9 Å². The fraction of sp³-hybridized carbons (Fsp3) is 0.400. The van der Waals surface area contributed by atoms with Crippen molar-refractivity contribution in [3.63, 3.8) is 0 Å². The number of pyridine rings is 1. The number of methoxy groups -OCH3 is 1. The molecule has 43 heavy (non-hydrogen) atoms. The van der Waals surface area contributed by atoms with Gasteiger partial charge in [0.05, 0.1) is 31.4 Å². The van der Waals surface area contributed by atoms with Crippen molar-refractivity contribution in [3.8, 4) is 17.0 Å². The maximum Gasteiger partial charge on any atom is 0.264 e. The highest BCUT2D eigenvalue weighted by atomic mass is 32.2. The first kappa shape index (κ1) is 29.3. The molecule has 1 aliphatic heterocycles. The van der Waals surface area contributed by atoms with Gasteiger partial charge in [-0.05, 0) is 54.7 Å². The van der Waals surface area contributed by atoms with Crippen LogP contribution >= 0.6 is 0 Å². The third-order valence-corrected chi connectivity index (χ3v) is 9.78. The highest BCUT2D eigenvalue weighted by molar-refractivity contribution is 7.92. The van der Waals surface area contributed by atoms with Crippen LogP contribution in [0.3, 0.4) is 0 Å². The number of nitrogens with two attached hydrogens (primary N) is 1. The molecule has 1 saturated heterocycles. The van der Waals surface area contributed by atoms with Crippen LogP contribution in [-0.2, 0) is 21.3 Å². The Kier molecular flexibility index (Phi) is 8.21. The summed E-state index contributed by atoms with van der Waals surface area (Å²) in [5.41, 5.74) is 9.43. The molecule has 2 aliphatic rings. The SMILES string of the molecule is COc1ncc(-c2ccc3nc(N)n(CC4CCCCC4N4CCOCC4)c3c2)cc1NS(=O)(=O)c1ccc(F)cc1F. The predicted octanol–water partition coefficient (Wildman–Crippen LogP) is 4.66. The molecule has 2 unspecified atom stereocenters. The number of rotatable bonds is 8. The maximum absolute atomic E-state index is 14.3. The second-order valence-corrected chi connectivity index (χ2v) is 12.7. The summed E-state index contributed by atoms with van der Waals surface area (Å²) >= 11 is 0. The molecule has 6 rings (SSSR count). The van der Waals surface area contributed by atoms with E-state index < -0.39 is 26.6 Å². The maximum atomic E-state index is 14.3. The van der Waals surface area contributed by atoms with Crippen LogP contribution in [0.2, 0.25) is 0 Å². The zero-order chi connectivity index (χ0) is 30.1. The van der Waals surface area contributed by atoms with Crippen LogP contribution < -0.4 is 15.2 Å². The fourth-order valence-electron chi connectivity index (χ4n) is 6.28. The van der Waals surface area contributed by atoms with E-state index in [0.717, 1.165) is 74.4 Å². The largest absolute Gasteiger partial charge is 0.480 e. The van der Waals surface area contributed by atoms with Crippen molar-refractivity contribution in [3.05, 3.63) is 60.3 Å². The summed E-state index contributed by atoms with van der Waals surface area (Å²) < 4.78 is 69.0. The summed E-state index contributed by atoms with van der Waals surface area (Å²) in [5, 5.41) is 0. The molecule has 3 heterocycles. The smallest absolute Gasteiger partial charge is 0.264 e. The Morgan fingerprint density at radius 2 is 1.86 bits per heavy atom. The second kappa shape index (κ2) is 12.1. The Morgan fingerprint density at radius 3 is 2.63 bits per heavy atom. The number of morpholine rings is 1. The van der Waals surface area contributed by atoms with Gasteiger partial charge in [0.1, 0.15) is 22.2 Å². The standard InChI is InChI=1S/C30H34F2N6O4S/c1-41-29-25(36-43(39,40)28-9-7-22(31)16-23(28)32)14-21(17-34-29)19-6-8-24-27(15-19)38(30(33)35-24)18-20-4-2-3-5-26(20)37-10-12-42-13-11-37/h6-9,14-17,20,26,36H,2-5,10-13,18H2,1H3,(H2,33,35). The van der Waals surface area contributed by atoms with Crippen LogP contribution in [0, 0.1) is 17.6 Å². The van der Waals surface area contributed by atoms with Gasteiger partial charge in [0.15, 0.2) is 0 Å². The third kappa shape index (κ3) is 6.01. The number of hydrogen-bond donors (Lipinski definition) is 2. The van der Waals surface area contributed by atoms with Crippen molar-refractivity contribution < 1.29 is 26.7 Å². The summed E-state index contributed by atoms with van der Waals surface area (Å²) in [6.45, 7) is 4.14. The number of sulfonamides is 1. The highest BCUT2D eigenvalue weighted by Gasteiger charge is 2.32. The average molecular weight is 613 g/mol. The van der Waals surface area contributed by atoms with Gasteiger partial charge in [0.25, 0.3) is 10.0 Å². The van der Waals surface area contributed by atoms with E-state index in [1.165, 1.54) is 20.0 Å². The lowest BCUT2D eigenvalue weighted by Crippen LogP contribution is -2.49. The number of fused-ring (bicyclic) bond motifs is 1. The van der Waals surface area contributed by atoms with Crippen molar-refractivity contribution in [2.75, 3.05) is 43.9 Å². The summed E-state index contributed by atoms with van der Waals surface area (Å²) in [4.78, 5) is 10.8. The van der Waals surface area contributed by atoms with Gasteiger partial charge in [-0.3, -0.25) is 9.62 Å². The molecule has 228 valence electrons. The molecule has 2 atom stereocenters. The van der Waals surface area contributed by atoms with Crippen LogP contribution in [0.25, 0.3) is 22.2 Å². The molecule has 10 nitrogen and oxygen atoms in total. The lowest BCUT2D eigenvalue weighted by molar-refractivity contribution is -0.00962. The lowest BCUT2D eigenvalue weighted by Gasteiger charge is -2.42. The summed E-state index contributed by atoms with van der Waals surface area (Å²) in [6, 6.07) is 9.98. The molecule has 0 bridgehead atoms. The third-order valence-electron chi connectivity index (χ3n) is 8.38. The Hall–Kier alpha value is -3.81. The van der Waals surface area contributed by atoms with Gasteiger partial charge >= 0.3 is 0 Å². The van der Waals surface area contributed by atoms with Crippen LogP contribution in [0.1, 0.15) is 25.7 Å². The van der Waals surface area contributed by atoms with Crippen LogP contribution in [-0.4, -0.2) is 67.3 Å². The van der Waals surface area contributed by atoms with Gasteiger partial charge in [-0.2, -0.15) is 0 Å². The molecular weight excluding hydrogens is 578 g/mol. The molecule has 0 spiro atoms. The number of ether oxygens (including phenoxy) is 2. The lowest BCUT2D eigenvalue weighted by atomic mass is 9.83. The van der Waals surface area contributed by atoms with Gasteiger partial charge in [-0.15, -0.1) is 0 Å². The van der Waals surface area contributed by atoms with E-state index in [-0.39, 0.29) is 11.6 Å². The van der Waals surface area contributed by atoms with Crippen LogP contribution in [0.5, 0.6) is 5.88 Å². The normalized spacial score (nSPS) is 19.9. The van der Waals surface area contributed by atoms with Crippen molar-refractivity contribution >= 4 is 32.7 Å². The Bertz CT molecular complexity index is 1740. The monoisotopic (exact) mass is 612 g/mol. The molecule has 4 aromatic rings. The molecule has 13 heteroatoms. The summed E-state index contributed by atoms with van der Waals surface area (Å²) in [5.74, 6) is -1.22. The molecule has 2 fully saturated rings. The molecular formula is C30H34F2N6O4S. The first-order valence-electron chi connectivity index (χ1n) is 14.3. The zero-order valence-electron chi connectivity index (χ0n) is 23.8. The fourth-order valence-corrected chi connectivity index (χ4v) is 7.39. The van der Waals surface area contributed by atoms with Crippen molar-refractivity contribution in [1.29, 1.82) is 0 Å². The van der Waals surface area contributed by atoms with E-state index in [1.54, 1.807) is 12.3 Å². The predicted molar refractivity (Wildman–Crippen MR) is 159 cm³/mol. The van der Waals surface area contributed by atoms with E-state index in [9.17, 15) is 17.2 Å². The van der Waals surface area contributed by atoms with Crippen molar-refractivity contribution in [1.82, 2.24) is 19.4 Å². The molecule has 3 N–H and O–H groups in total. The van der Waals surface area contributed by atoms with Crippen molar-refractivity contribution in [2.45, 2.75) is 43.2 Å². The summed E-state index contributed by atoms with van der Waals surface area (Å²) in [6.07, 6.45) is 6.23. The first-order chi connectivity index (χ1) is 20.7. The number of anilines is 2. The molecule has 0 amide bonds. The van der Waals surface area contributed by atoms with E-state index in [2.05, 4.69) is 24.2 Å². The molecule has 2 aromatic heterocycles. The van der Waals surface area contributed by atoms with Gasteiger partial charge in [0.2, 0.25) is 11.8 Å². The van der Waals surface area contributed by atoms with E-state index in [0.29, 0.717) is 29.5 Å². The van der Waals surface area contributed by atoms with E-state index in [4.69, 9.17) is 15.2 Å². The minimum Gasteiger partial charge on any atom is -0.480 e. The molecule has 1 aliphatic carbocycles. The number of nitrogens with one attached hydrogen (secondary N) is 1. The molecule has 2 aromatic carbocycles. The second-order valence-electron chi connectivity index (χ2n) is 11.0. The van der Waals surface area contributed by atoms with Gasteiger partial charge in [0, 0.05) is 43.5 Å². The minimum absolute atomic E-state index is 0.00309. The minimum atomic E-state index is -4.42.